The van der Waals surface area contributed by atoms with Gasteiger partial charge in [0.1, 0.15) is 11.5 Å². The number of hydrogen-bond acceptors (Lipinski definition) is 6. The Bertz CT molecular complexity index is 1420. The van der Waals surface area contributed by atoms with Crippen molar-refractivity contribution in [1.29, 1.82) is 0 Å². The molecule has 2 aromatic carbocycles. The number of benzene rings is 2. The van der Waals surface area contributed by atoms with E-state index in [1.165, 1.54) is 6.26 Å². The van der Waals surface area contributed by atoms with Crippen LogP contribution >= 0.6 is 0 Å². The summed E-state index contributed by atoms with van der Waals surface area (Å²) in [5.74, 6) is 6.88. The Balaban J connectivity index is 1.61. The first-order valence-corrected chi connectivity index (χ1v) is 11.9. The summed E-state index contributed by atoms with van der Waals surface area (Å²) in [6, 6.07) is 18.0. The maximum atomic E-state index is 11.6. The molecule has 0 saturated carbocycles. The molecule has 2 aromatic heterocycles. The van der Waals surface area contributed by atoms with Crippen LogP contribution in [0.25, 0.3) is 10.8 Å². The number of rotatable bonds is 5. The van der Waals surface area contributed by atoms with Gasteiger partial charge < -0.3 is 10.4 Å². The lowest BCUT2D eigenvalue weighted by atomic mass is 10.1. The van der Waals surface area contributed by atoms with Crippen LogP contribution in [0, 0.1) is 11.8 Å². The fraction of sp³-hybridized carbons (Fsp3) is 0.120. The number of aliphatic hydroxyl groups is 1. The zero-order chi connectivity index (χ0) is 22.6. The molecule has 0 fully saturated rings. The molecule has 160 valence electrons. The third-order valence-electron chi connectivity index (χ3n) is 4.88. The largest absolute Gasteiger partial charge is 0.396 e. The van der Waals surface area contributed by atoms with Crippen molar-refractivity contribution in [3.8, 4) is 11.8 Å². The van der Waals surface area contributed by atoms with E-state index >= 15 is 0 Å². The predicted molar refractivity (Wildman–Crippen MR) is 126 cm³/mol. The quantitative estimate of drug-likeness (QED) is 0.457. The summed E-state index contributed by atoms with van der Waals surface area (Å²) in [5, 5.41) is 14.0. The molecule has 4 rings (SSSR count). The molecule has 0 atom stereocenters. The van der Waals surface area contributed by atoms with Crippen molar-refractivity contribution >= 4 is 32.1 Å². The maximum absolute atomic E-state index is 11.6. The Morgan fingerprint density at radius 3 is 2.41 bits per heavy atom. The van der Waals surface area contributed by atoms with Crippen LogP contribution < -0.4 is 5.32 Å². The molecule has 0 spiro atoms. The average molecular weight is 444 g/mol. The number of nitrogens with zero attached hydrogens (tertiary/aromatic N) is 2. The second-order valence-corrected chi connectivity index (χ2v) is 9.31. The van der Waals surface area contributed by atoms with Crippen molar-refractivity contribution in [2.45, 2.75) is 11.3 Å². The number of aromatic nitrogens is 2. The van der Waals surface area contributed by atoms with E-state index in [2.05, 4.69) is 27.1 Å². The van der Waals surface area contributed by atoms with Gasteiger partial charge >= 0.3 is 0 Å². The highest BCUT2D eigenvalue weighted by molar-refractivity contribution is 7.90. The van der Waals surface area contributed by atoms with Crippen molar-refractivity contribution in [3.63, 3.8) is 0 Å². The lowest BCUT2D eigenvalue weighted by Gasteiger charge is -2.08. The van der Waals surface area contributed by atoms with Crippen LogP contribution in [0.1, 0.15) is 16.8 Å². The fourth-order valence-electron chi connectivity index (χ4n) is 3.18. The first-order valence-electron chi connectivity index (χ1n) is 9.96. The molecule has 0 unspecified atom stereocenters. The van der Waals surface area contributed by atoms with Gasteiger partial charge in [-0.1, -0.05) is 18.1 Å². The standard InChI is InChI=1S/C25H21N3O3S/c1-32(30,31)22-9-7-21(8-10-22)28-25-16-23-20(17-27-25)12-14-26-24(23)11-6-18-2-4-19(5-3-18)13-15-29/h2-5,7-10,12,14,16-17,29H,13,15H2,1H3,(H,27,28). The number of aliphatic hydroxyl groups excluding tert-OH is 1. The van der Waals surface area contributed by atoms with E-state index < -0.39 is 9.84 Å². The van der Waals surface area contributed by atoms with Gasteiger partial charge in [0.05, 0.1) is 4.90 Å². The molecule has 4 aromatic rings. The molecular weight excluding hydrogens is 422 g/mol. The lowest BCUT2D eigenvalue weighted by molar-refractivity contribution is 0.299. The molecule has 6 nitrogen and oxygen atoms in total. The van der Waals surface area contributed by atoms with Crippen LogP contribution in [0.15, 0.2) is 78.0 Å². The molecule has 2 heterocycles. The van der Waals surface area contributed by atoms with Crippen molar-refractivity contribution < 1.29 is 13.5 Å². The van der Waals surface area contributed by atoms with Crippen molar-refractivity contribution in [2.24, 2.45) is 0 Å². The minimum atomic E-state index is -3.24. The van der Waals surface area contributed by atoms with Gasteiger partial charge in [-0.2, -0.15) is 0 Å². The molecule has 0 aliphatic carbocycles. The van der Waals surface area contributed by atoms with Gasteiger partial charge in [0, 0.05) is 47.3 Å². The zero-order valence-corrected chi connectivity index (χ0v) is 18.2. The van der Waals surface area contributed by atoms with Gasteiger partial charge in [-0.05, 0) is 66.4 Å². The second-order valence-electron chi connectivity index (χ2n) is 7.29. The number of hydrogen-bond donors (Lipinski definition) is 2. The van der Waals surface area contributed by atoms with Gasteiger partial charge in [-0.3, -0.25) is 0 Å². The van der Waals surface area contributed by atoms with Crippen LogP contribution in [0.5, 0.6) is 0 Å². The summed E-state index contributed by atoms with van der Waals surface area (Å²) in [6.45, 7) is 0.122. The summed E-state index contributed by atoms with van der Waals surface area (Å²) in [5.41, 5.74) is 3.29. The highest BCUT2D eigenvalue weighted by Gasteiger charge is 2.07. The van der Waals surface area contributed by atoms with E-state index in [1.807, 2.05) is 36.4 Å². The Labute approximate surface area is 186 Å². The fourth-order valence-corrected chi connectivity index (χ4v) is 3.81. The Kier molecular flexibility index (Phi) is 6.17. The van der Waals surface area contributed by atoms with Crippen LogP contribution in [-0.4, -0.2) is 36.4 Å². The molecule has 0 amide bonds. The Morgan fingerprint density at radius 1 is 0.969 bits per heavy atom. The predicted octanol–water partition coefficient (Wildman–Crippen LogP) is 3.71. The molecule has 0 aliphatic rings. The van der Waals surface area contributed by atoms with Crippen LogP contribution in [-0.2, 0) is 16.3 Å². The van der Waals surface area contributed by atoms with E-state index in [4.69, 9.17) is 5.11 Å². The van der Waals surface area contributed by atoms with Gasteiger partial charge in [-0.15, -0.1) is 0 Å². The van der Waals surface area contributed by atoms with Crippen LogP contribution in [0.3, 0.4) is 0 Å². The summed E-state index contributed by atoms with van der Waals surface area (Å²) in [6.07, 6.45) is 5.26. The normalized spacial score (nSPS) is 11.1. The Morgan fingerprint density at radius 2 is 1.72 bits per heavy atom. The molecular formula is C25H21N3O3S. The molecule has 32 heavy (non-hydrogen) atoms. The van der Waals surface area contributed by atoms with Crippen molar-refractivity contribution in [3.05, 3.63) is 89.9 Å². The Hall–Kier alpha value is -3.73. The summed E-state index contributed by atoms with van der Waals surface area (Å²) in [4.78, 5) is 9.13. The number of anilines is 2. The molecule has 2 N–H and O–H groups in total. The van der Waals surface area contributed by atoms with Gasteiger partial charge in [0.2, 0.25) is 0 Å². The summed E-state index contributed by atoms with van der Waals surface area (Å²) >= 11 is 0. The molecule has 7 heteroatoms. The highest BCUT2D eigenvalue weighted by Crippen LogP contribution is 2.22. The number of fused-ring (bicyclic) bond motifs is 1. The SMILES string of the molecule is CS(=O)(=O)c1ccc(Nc2cc3c(C#Cc4ccc(CCO)cc4)nccc3cn2)cc1. The third-order valence-corrected chi connectivity index (χ3v) is 6.01. The molecule has 0 aliphatic heterocycles. The second kappa shape index (κ2) is 9.18. The van der Waals surface area contributed by atoms with Crippen LogP contribution in [0.2, 0.25) is 0 Å². The maximum Gasteiger partial charge on any atom is 0.175 e. The minimum absolute atomic E-state index is 0.122. The summed E-state index contributed by atoms with van der Waals surface area (Å²) in [7, 11) is -3.24. The van der Waals surface area contributed by atoms with Gasteiger partial charge in [-0.25, -0.2) is 18.4 Å². The van der Waals surface area contributed by atoms with E-state index in [1.54, 1.807) is 36.7 Å². The zero-order valence-electron chi connectivity index (χ0n) is 17.4. The van der Waals surface area contributed by atoms with Gasteiger partial charge in [0.15, 0.2) is 9.84 Å². The van der Waals surface area contributed by atoms with Crippen molar-refractivity contribution in [1.82, 2.24) is 9.97 Å². The van der Waals surface area contributed by atoms with Gasteiger partial charge in [0.25, 0.3) is 0 Å². The first kappa shape index (κ1) is 21.5. The number of pyridine rings is 2. The minimum Gasteiger partial charge on any atom is -0.396 e. The number of nitrogens with one attached hydrogen (secondary N) is 1. The van der Waals surface area contributed by atoms with E-state index in [0.29, 0.717) is 17.9 Å². The van der Waals surface area contributed by atoms with Crippen LogP contribution in [0.4, 0.5) is 11.5 Å². The monoisotopic (exact) mass is 443 g/mol. The summed E-state index contributed by atoms with van der Waals surface area (Å²) < 4.78 is 23.3. The average Bonchev–Trinajstić information content (AvgIpc) is 2.78. The van der Waals surface area contributed by atoms with E-state index in [9.17, 15) is 8.42 Å². The topological polar surface area (TPSA) is 92.2 Å². The smallest absolute Gasteiger partial charge is 0.175 e. The molecule has 0 bridgehead atoms. The lowest BCUT2D eigenvalue weighted by Crippen LogP contribution is -1.98. The van der Waals surface area contributed by atoms with Crippen molar-refractivity contribution in [2.75, 3.05) is 18.2 Å². The van der Waals surface area contributed by atoms with E-state index in [-0.39, 0.29) is 11.5 Å². The molecule has 0 saturated heterocycles. The third kappa shape index (κ3) is 5.11. The number of sulfone groups is 1. The highest BCUT2D eigenvalue weighted by atomic mass is 32.2. The first-order chi connectivity index (χ1) is 15.4. The molecule has 0 radical (unpaired) electrons. The van der Waals surface area contributed by atoms with E-state index in [0.717, 1.165) is 27.6 Å².